The molecule has 3 nitrogen and oxygen atoms in total. The van der Waals surface area contributed by atoms with E-state index in [9.17, 15) is 0 Å². The van der Waals surface area contributed by atoms with Crippen LogP contribution in [0.25, 0.3) is 10.6 Å². The van der Waals surface area contributed by atoms with Gasteiger partial charge in [-0.15, -0.1) is 0 Å². The molecule has 2 aromatic heterocycles. The second-order valence-corrected chi connectivity index (χ2v) is 4.33. The number of nitrogens with zero attached hydrogens (tertiary/aromatic N) is 2. The van der Waals surface area contributed by atoms with Gasteiger partial charge in [-0.3, -0.25) is 4.98 Å². The number of thiol groups is 1. The molecular weight excluding hydrogens is 284 g/mol. The number of pyridine rings is 1. The highest BCUT2D eigenvalue weighted by Crippen LogP contribution is 2.37. The molecule has 0 bridgehead atoms. The lowest BCUT2D eigenvalue weighted by Crippen LogP contribution is -1.76. The van der Waals surface area contributed by atoms with E-state index in [2.05, 4.69) is 38.8 Å². The van der Waals surface area contributed by atoms with Crippen LogP contribution in [0.2, 0.25) is 0 Å². The molecule has 0 aliphatic heterocycles. The second kappa shape index (κ2) is 4.29. The van der Waals surface area contributed by atoms with Crippen LogP contribution < -0.4 is 4.18 Å². The molecule has 0 aliphatic carbocycles. The summed E-state index contributed by atoms with van der Waals surface area (Å²) >= 11 is 8.43. The van der Waals surface area contributed by atoms with Gasteiger partial charge in [0.2, 0.25) is 5.06 Å². The quantitative estimate of drug-likeness (QED) is 0.681. The van der Waals surface area contributed by atoms with Gasteiger partial charge in [0.25, 0.3) is 0 Å². The van der Waals surface area contributed by atoms with Crippen LogP contribution in [-0.2, 0) is 0 Å². The normalized spacial score (nSPS) is 10.1. The summed E-state index contributed by atoms with van der Waals surface area (Å²) in [4.78, 5) is 8.29. The maximum absolute atomic E-state index is 4.83. The first kappa shape index (κ1) is 9.95. The summed E-state index contributed by atoms with van der Waals surface area (Å²) in [6.07, 6.45) is 3.48. The van der Waals surface area contributed by atoms with E-state index in [1.165, 1.54) is 11.3 Å². The van der Waals surface area contributed by atoms with Gasteiger partial charge in [-0.1, -0.05) is 11.3 Å². The predicted molar refractivity (Wildman–Crippen MR) is 62.7 cm³/mol. The molecule has 2 heterocycles. The fraction of sp³-hybridized carbons (Fsp3) is 0. The standard InChI is InChI=1S/C8H5BrN2OS2/c9-6-8(12-13)14-7(11-6)5-2-1-3-10-4-5/h1-4,13H. The molecule has 0 N–H and O–H groups in total. The second-order valence-electron chi connectivity index (χ2n) is 2.43. The van der Waals surface area contributed by atoms with Gasteiger partial charge in [-0.25, -0.2) is 4.98 Å². The Hall–Kier alpha value is -0.590. The Morgan fingerprint density at radius 1 is 1.50 bits per heavy atom. The monoisotopic (exact) mass is 288 g/mol. The molecule has 0 unspecified atom stereocenters. The molecule has 0 aromatic carbocycles. The minimum Gasteiger partial charge on any atom is -0.415 e. The van der Waals surface area contributed by atoms with E-state index in [0.29, 0.717) is 9.67 Å². The Morgan fingerprint density at radius 2 is 2.36 bits per heavy atom. The van der Waals surface area contributed by atoms with Crippen molar-refractivity contribution in [2.24, 2.45) is 0 Å². The Labute approximate surface area is 98.9 Å². The fourth-order valence-corrected chi connectivity index (χ4v) is 2.62. The average molecular weight is 289 g/mol. The highest BCUT2D eigenvalue weighted by atomic mass is 79.9. The van der Waals surface area contributed by atoms with Crippen molar-refractivity contribution in [3.05, 3.63) is 29.1 Å². The largest absolute Gasteiger partial charge is 0.415 e. The van der Waals surface area contributed by atoms with Crippen LogP contribution in [0, 0.1) is 0 Å². The number of hydrogen-bond acceptors (Lipinski definition) is 5. The highest BCUT2D eigenvalue weighted by molar-refractivity contribution is 9.10. The van der Waals surface area contributed by atoms with Crippen molar-refractivity contribution < 1.29 is 4.18 Å². The van der Waals surface area contributed by atoms with Crippen molar-refractivity contribution in [3.8, 4) is 15.6 Å². The van der Waals surface area contributed by atoms with Gasteiger partial charge in [-0.2, -0.15) is 0 Å². The zero-order chi connectivity index (χ0) is 9.97. The van der Waals surface area contributed by atoms with Crippen molar-refractivity contribution in [3.63, 3.8) is 0 Å². The Bertz CT molecular complexity index is 432. The lowest BCUT2D eigenvalue weighted by molar-refractivity contribution is 0.671. The average Bonchev–Trinajstić information content (AvgIpc) is 2.61. The molecule has 0 saturated heterocycles. The third-order valence-electron chi connectivity index (χ3n) is 1.55. The van der Waals surface area contributed by atoms with Gasteiger partial charge in [0.05, 0.1) is 0 Å². The third-order valence-corrected chi connectivity index (χ3v) is 3.64. The molecule has 0 amide bonds. The molecule has 0 radical (unpaired) electrons. The number of rotatable bonds is 2. The molecule has 0 atom stereocenters. The molecule has 72 valence electrons. The van der Waals surface area contributed by atoms with Crippen LogP contribution in [0.1, 0.15) is 0 Å². The minimum atomic E-state index is 0.646. The van der Waals surface area contributed by atoms with Gasteiger partial charge in [0.1, 0.15) is 5.01 Å². The van der Waals surface area contributed by atoms with E-state index in [-0.39, 0.29) is 0 Å². The van der Waals surface area contributed by atoms with Crippen molar-refractivity contribution in [1.82, 2.24) is 9.97 Å². The third kappa shape index (κ3) is 1.92. The van der Waals surface area contributed by atoms with E-state index in [0.717, 1.165) is 10.6 Å². The molecule has 0 saturated carbocycles. The van der Waals surface area contributed by atoms with Crippen molar-refractivity contribution >= 4 is 40.2 Å². The number of halogens is 1. The van der Waals surface area contributed by atoms with E-state index in [4.69, 9.17) is 4.18 Å². The summed E-state index contributed by atoms with van der Waals surface area (Å²) in [6, 6.07) is 3.81. The molecule has 6 heteroatoms. The molecule has 2 aromatic rings. The van der Waals surface area contributed by atoms with Crippen molar-refractivity contribution in [2.75, 3.05) is 0 Å². The summed E-state index contributed by atoms with van der Waals surface area (Å²) < 4.78 is 5.49. The van der Waals surface area contributed by atoms with E-state index < -0.39 is 0 Å². The van der Waals surface area contributed by atoms with E-state index >= 15 is 0 Å². The Kier molecular flexibility index (Phi) is 3.05. The molecular formula is C8H5BrN2OS2. The fourth-order valence-electron chi connectivity index (χ4n) is 0.957. The number of hydrogen-bond donors (Lipinski definition) is 1. The van der Waals surface area contributed by atoms with Gasteiger partial charge in [-0.05, 0) is 28.1 Å². The first-order valence-corrected chi connectivity index (χ1v) is 5.67. The predicted octanol–water partition coefficient (Wildman–Crippen LogP) is 3.19. The summed E-state index contributed by atoms with van der Waals surface area (Å²) in [6.45, 7) is 0. The maximum atomic E-state index is 4.83. The molecule has 0 fully saturated rings. The van der Waals surface area contributed by atoms with Crippen molar-refractivity contribution in [2.45, 2.75) is 0 Å². The van der Waals surface area contributed by atoms with Crippen LogP contribution in [0.15, 0.2) is 29.1 Å². The summed E-state index contributed by atoms with van der Waals surface area (Å²) in [5, 5.41) is 1.50. The van der Waals surface area contributed by atoms with Crippen LogP contribution in [0.5, 0.6) is 5.06 Å². The highest BCUT2D eigenvalue weighted by Gasteiger charge is 2.10. The SMILES string of the molecule is SOc1sc(-c2cccnc2)nc1Br. The van der Waals surface area contributed by atoms with Gasteiger partial charge in [0, 0.05) is 30.9 Å². The Morgan fingerprint density at radius 3 is 2.93 bits per heavy atom. The number of thiazole rings is 1. The first-order chi connectivity index (χ1) is 6.81. The van der Waals surface area contributed by atoms with Crippen LogP contribution >= 0.6 is 40.2 Å². The molecule has 2 rings (SSSR count). The van der Waals surface area contributed by atoms with Gasteiger partial charge < -0.3 is 4.18 Å². The van der Waals surface area contributed by atoms with Crippen LogP contribution in [-0.4, -0.2) is 9.97 Å². The summed E-state index contributed by atoms with van der Waals surface area (Å²) in [5.41, 5.74) is 0.967. The maximum Gasteiger partial charge on any atom is 0.225 e. The zero-order valence-corrected chi connectivity index (χ0v) is 10.1. The molecule has 0 aliphatic rings. The molecule has 14 heavy (non-hydrogen) atoms. The summed E-state index contributed by atoms with van der Waals surface area (Å²) in [5.74, 6) is 0. The van der Waals surface area contributed by atoms with E-state index in [1.54, 1.807) is 12.4 Å². The molecule has 0 spiro atoms. The first-order valence-electron chi connectivity index (χ1n) is 3.69. The topological polar surface area (TPSA) is 35.0 Å². The van der Waals surface area contributed by atoms with Gasteiger partial charge in [0.15, 0.2) is 4.60 Å². The lowest BCUT2D eigenvalue weighted by atomic mass is 10.3. The van der Waals surface area contributed by atoms with Crippen molar-refractivity contribution in [1.29, 1.82) is 0 Å². The van der Waals surface area contributed by atoms with E-state index in [1.807, 2.05) is 12.1 Å². The summed E-state index contributed by atoms with van der Waals surface area (Å²) in [7, 11) is 0. The van der Waals surface area contributed by atoms with Crippen LogP contribution in [0.3, 0.4) is 0 Å². The minimum absolute atomic E-state index is 0.646. The smallest absolute Gasteiger partial charge is 0.225 e. The van der Waals surface area contributed by atoms with Crippen LogP contribution in [0.4, 0.5) is 0 Å². The lowest BCUT2D eigenvalue weighted by Gasteiger charge is -1.91. The Balaban J connectivity index is 2.43. The van der Waals surface area contributed by atoms with Gasteiger partial charge >= 0.3 is 0 Å². The zero-order valence-electron chi connectivity index (χ0n) is 6.85. The number of aromatic nitrogens is 2.